The predicted molar refractivity (Wildman–Crippen MR) is 196 cm³/mol. The highest BCUT2D eigenvalue weighted by Gasteiger charge is 2.18. The van der Waals surface area contributed by atoms with E-state index in [1.807, 2.05) is 39.8 Å². The Bertz CT molecular complexity index is 2530. The number of benzene rings is 4. The molecule has 264 valence electrons. The molecular weight excluding hydrogens is 697 g/mol. The van der Waals surface area contributed by atoms with Gasteiger partial charge in [0.15, 0.2) is 0 Å². The first-order chi connectivity index (χ1) is 23.9. The van der Waals surface area contributed by atoms with E-state index in [2.05, 4.69) is 9.44 Å². The number of hydrogen-bond acceptors (Lipinski definition) is 9. The number of rotatable bonds is 10. The van der Waals surface area contributed by atoms with Crippen molar-refractivity contribution in [2.45, 2.75) is 40.5 Å². The third-order valence-corrected chi connectivity index (χ3v) is 9.56. The highest BCUT2D eigenvalue weighted by Crippen LogP contribution is 2.35. The van der Waals surface area contributed by atoms with Crippen LogP contribution in [-0.2, 0) is 33.3 Å². The van der Waals surface area contributed by atoms with E-state index in [-0.39, 0.29) is 24.2 Å². The molecule has 0 amide bonds. The maximum absolute atomic E-state index is 13.2. The van der Waals surface area contributed by atoms with Crippen LogP contribution in [0, 0.1) is 27.7 Å². The molecule has 2 aromatic heterocycles. The van der Waals surface area contributed by atoms with Crippen LogP contribution in [0.5, 0.6) is 11.5 Å². The van der Waals surface area contributed by atoms with Gasteiger partial charge < -0.3 is 13.6 Å². The van der Waals surface area contributed by atoms with Crippen LogP contribution in [0.2, 0.25) is 0 Å². The zero-order valence-electron chi connectivity index (χ0n) is 28.0. The van der Waals surface area contributed by atoms with Crippen molar-refractivity contribution in [3.8, 4) is 11.5 Å². The lowest BCUT2D eigenvalue weighted by Crippen LogP contribution is -2.21. The fraction of sp³-hybridized carbons (Fsp3) is 0.167. The summed E-state index contributed by atoms with van der Waals surface area (Å²) in [5.74, 6) is 0.872. The molecular formula is C36H34N4O9S2. The summed E-state index contributed by atoms with van der Waals surface area (Å²) in [6.45, 7) is 7.38. The smallest absolute Gasteiger partial charge is 0.340 e. The normalized spacial score (nSPS) is 12.0. The molecule has 6 aromatic rings. The summed E-state index contributed by atoms with van der Waals surface area (Å²) >= 11 is 0. The van der Waals surface area contributed by atoms with E-state index in [1.165, 1.54) is 0 Å². The second-order valence-electron chi connectivity index (χ2n) is 12.4. The van der Waals surface area contributed by atoms with E-state index in [0.717, 1.165) is 11.1 Å². The summed E-state index contributed by atoms with van der Waals surface area (Å²) in [5, 5.41) is 11.6. The minimum atomic E-state index is -3.96. The van der Waals surface area contributed by atoms with Gasteiger partial charge in [-0.25, -0.2) is 19.9 Å². The third-order valence-electron chi connectivity index (χ3n) is 8.52. The molecule has 0 aliphatic heterocycles. The molecule has 15 heteroatoms. The second kappa shape index (κ2) is 13.3. The number of fused-ring (bicyclic) bond motifs is 2. The minimum Gasteiger partial charge on any atom is -0.457 e. The first-order valence-corrected chi connectivity index (χ1v) is 18.6. The summed E-state index contributed by atoms with van der Waals surface area (Å²) < 4.78 is 68.1. The van der Waals surface area contributed by atoms with E-state index >= 15 is 0 Å². The largest absolute Gasteiger partial charge is 0.457 e. The van der Waals surface area contributed by atoms with E-state index in [0.29, 0.717) is 66.8 Å². The third kappa shape index (κ3) is 7.97. The Balaban J connectivity index is 1.29. The van der Waals surface area contributed by atoms with Gasteiger partial charge in [-0.3, -0.25) is 9.44 Å². The van der Waals surface area contributed by atoms with Crippen molar-refractivity contribution in [1.29, 1.82) is 0 Å². The molecule has 0 spiro atoms. The number of nitrogens with one attached hydrogen (secondary N) is 2. The van der Waals surface area contributed by atoms with Gasteiger partial charge >= 0.3 is 11.3 Å². The molecule has 0 saturated heterocycles. The van der Waals surface area contributed by atoms with Gasteiger partial charge in [-0.1, -0.05) is 24.3 Å². The molecule has 0 aliphatic carbocycles. The first kappa shape index (κ1) is 35.3. The Morgan fingerprint density at radius 1 is 0.608 bits per heavy atom. The van der Waals surface area contributed by atoms with Crippen LogP contribution in [0.25, 0.3) is 21.9 Å². The molecule has 51 heavy (non-hydrogen) atoms. The average Bonchev–Trinajstić information content (AvgIpc) is 3.02. The number of ether oxygens (including phenoxy) is 1. The zero-order chi connectivity index (χ0) is 36.8. The van der Waals surface area contributed by atoms with Crippen LogP contribution in [0.4, 0.5) is 11.4 Å². The molecule has 6 N–H and O–H groups in total. The number of nitrogens with two attached hydrogens (primary N) is 2. The highest BCUT2D eigenvalue weighted by molar-refractivity contribution is 7.90. The molecule has 0 atom stereocenters. The van der Waals surface area contributed by atoms with Gasteiger partial charge in [0, 0.05) is 46.9 Å². The fourth-order valence-electron chi connectivity index (χ4n) is 6.02. The maximum atomic E-state index is 13.2. The van der Waals surface area contributed by atoms with E-state index in [9.17, 15) is 26.4 Å². The van der Waals surface area contributed by atoms with Crippen LogP contribution in [-0.4, -0.2) is 16.8 Å². The predicted octanol–water partition coefficient (Wildman–Crippen LogP) is 5.34. The second-order valence-corrected chi connectivity index (χ2v) is 15.0. The quantitative estimate of drug-likeness (QED) is 0.134. The van der Waals surface area contributed by atoms with Crippen LogP contribution in [0.3, 0.4) is 0 Å². The Morgan fingerprint density at radius 2 is 1.00 bits per heavy atom. The molecule has 4 aromatic carbocycles. The van der Waals surface area contributed by atoms with Crippen LogP contribution in [0.1, 0.15) is 44.5 Å². The Morgan fingerprint density at radius 3 is 1.37 bits per heavy atom. The lowest BCUT2D eigenvalue weighted by molar-refractivity contribution is 0.470. The van der Waals surface area contributed by atoms with Crippen LogP contribution in [0.15, 0.2) is 91.2 Å². The van der Waals surface area contributed by atoms with Crippen LogP contribution < -0.4 is 35.7 Å². The molecule has 0 aliphatic rings. The molecule has 0 unspecified atom stereocenters. The van der Waals surface area contributed by atoms with Gasteiger partial charge in [-0.2, -0.15) is 16.8 Å². The molecule has 0 radical (unpaired) electrons. The number of anilines is 2. The average molecular weight is 731 g/mol. The minimum absolute atomic E-state index is 0.201. The number of aryl methyl sites for hydroxylation is 4. The summed E-state index contributed by atoms with van der Waals surface area (Å²) in [5.41, 5.74) is 5.27. The lowest BCUT2D eigenvalue weighted by atomic mass is 9.98. The van der Waals surface area contributed by atoms with Gasteiger partial charge in [0.25, 0.3) is 20.4 Å². The lowest BCUT2D eigenvalue weighted by Gasteiger charge is -2.15. The Kier molecular flexibility index (Phi) is 9.24. The van der Waals surface area contributed by atoms with Gasteiger partial charge in [0.2, 0.25) is 0 Å². The van der Waals surface area contributed by atoms with Gasteiger partial charge in [-0.05, 0) is 97.5 Å². The molecule has 2 heterocycles. The Labute approximate surface area is 293 Å². The van der Waals surface area contributed by atoms with Crippen molar-refractivity contribution in [3.05, 3.63) is 138 Å². The van der Waals surface area contributed by atoms with Crippen LogP contribution >= 0.6 is 0 Å². The summed E-state index contributed by atoms with van der Waals surface area (Å²) in [7, 11) is -7.92. The fourth-order valence-corrected chi connectivity index (χ4v) is 6.93. The van der Waals surface area contributed by atoms with Gasteiger partial charge in [0.1, 0.15) is 22.7 Å². The van der Waals surface area contributed by atoms with Crippen molar-refractivity contribution >= 4 is 53.7 Å². The Hall–Kier alpha value is -5.48. The number of hydrogen-bond donors (Lipinski definition) is 4. The maximum Gasteiger partial charge on any atom is 0.340 e. The molecule has 0 bridgehead atoms. The topological polar surface area (TPSA) is 214 Å². The van der Waals surface area contributed by atoms with Gasteiger partial charge in [0.05, 0.1) is 11.4 Å². The standard InChI is InChI=1S/C36H34N4O9S2/c1-19-11-27-21(3)29(15-23-7-5-9-25(13-23)39-50(37,43)44)35(41)48-33(27)17-31(19)47-32-18-34-28(12-20(32)2)22(4)30(36(42)49-34)16-24-8-6-10-26(14-24)40-51(38,45)46/h5-14,17-18,39-40H,15-16H2,1-4H3,(H2,37,43,44)(H2,38,45,46). The van der Waals surface area contributed by atoms with Crippen molar-refractivity contribution in [2.75, 3.05) is 9.44 Å². The monoisotopic (exact) mass is 730 g/mol. The van der Waals surface area contributed by atoms with Gasteiger partial charge in [-0.15, -0.1) is 0 Å². The van der Waals surface area contributed by atoms with Crippen molar-refractivity contribution in [2.24, 2.45) is 10.3 Å². The molecule has 0 fully saturated rings. The molecule has 6 rings (SSSR count). The molecule has 13 nitrogen and oxygen atoms in total. The van der Waals surface area contributed by atoms with E-state index in [1.54, 1.807) is 60.7 Å². The molecule has 0 saturated carbocycles. The highest BCUT2D eigenvalue weighted by atomic mass is 32.2. The van der Waals surface area contributed by atoms with E-state index in [4.69, 9.17) is 23.8 Å². The first-order valence-electron chi connectivity index (χ1n) is 15.5. The SMILES string of the molecule is Cc1cc2c(C)c(Cc3cccc(NS(N)(=O)=O)c3)c(=O)oc2cc1Oc1cc2oc(=O)c(Cc3cccc(NS(N)(=O)=O)c3)c(C)c2cc1C. The zero-order valence-corrected chi connectivity index (χ0v) is 29.6. The summed E-state index contributed by atoms with van der Waals surface area (Å²) in [6.07, 6.45) is 0.402. The van der Waals surface area contributed by atoms with Crippen molar-refractivity contribution in [1.82, 2.24) is 0 Å². The van der Waals surface area contributed by atoms with Crippen molar-refractivity contribution < 1.29 is 30.4 Å². The summed E-state index contributed by atoms with van der Waals surface area (Å²) in [4.78, 5) is 26.4. The summed E-state index contributed by atoms with van der Waals surface area (Å²) in [6, 6.07) is 20.2. The van der Waals surface area contributed by atoms with Crippen molar-refractivity contribution in [3.63, 3.8) is 0 Å². The van der Waals surface area contributed by atoms with E-state index < -0.39 is 31.7 Å².